The molecule has 8 heteroatoms. The minimum Gasteiger partial charge on any atom is -0.353 e. The fraction of sp³-hybridized carbons (Fsp3) is 0.312. The molecule has 0 aliphatic heterocycles. The number of rotatable bonds is 6. The van der Waals surface area contributed by atoms with Crippen molar-refractivity contribution in [3.8, 4) is 0 Å². The quantitative estimate of drug-likeness (QED) is 0.641. The molecule has 1 aromatic heterocycles. The van der Waals surface area contributed by atoms with Gasteiger partial charge in [0.15, 0.2) is 0 Å². The number of amides is 1. The molecule has 24 heavy (non-hydrogen) atoms. The van der Waals surface area contributed by atoms with Gasteiger partial charge in [0.2, 0.25) is 0 Å². The first-order valence-corrected chi connectivity index (χ1v) is 7.69. The number of carbonyl (C=O) groups excluding carboxylic acids is 1. The Morgan fingerprint density at radius 3 is 2.67 bits per heavy atom. The summed E-state index contributed by atoms with van der Waals surface area (Å²) < 4.78 is 1.98. The number of aromatic nitrogens is 1. The molecule has 0 fully saturated rings. The van der Waals surface area contributed by atoms with Crippen molar-refractivity contribution in [3.05, 3.63) is 62.9 Å². The summed E-state index contributed by atoms with van der Waals surface area (Å²) in [5.74, 6) is -0.440. The lowest BCUT2D eigenvalue weighted by molar-refractivity contribution is -0.384. The summed E-state index contributed by atoms with van der Waals surface area (Å²) in [6.07, 6.45) is 1.94. The van der Waals surface area contributed by atoms with E-state index >= 15 is 0 Å². The smallest absolute Gasteiger partial charge is 0.270 e. The number of likely N-dealkylation sites (N-methyl/N-ethyl adjacent to an activating group) is 1. The van der Waals surface area contributed by atoms with Crippen LogP contribution >= 0.6 is 11.6 Å². The molecule has 1 amide bonds. The van der Waals surface area contributed by atoms with E-state index in [1.807, 2.05) is 48.9 Å². The van der Waals surface area contributed by atoms with Gasteiger partial charge in [0.25, 0.3) is 11.6 Å². The molecule has 0 radical (unpaired) electrons. The zero-order valence-electron chi connectivity index (χ0n) is 13.7. The number of aryl methyl sites for hydroxylation is 1. The summed E-state index contributed by atoms with van der Waals surface area (Å²) >= 11 is 6.00. The van der Waals surface area contributed by atoms with Crippen LogP contribution in [0.1, 0.15) is 22.1 Å². The molecule has 2 aromatic rings. The van der Waals surface area contributed by atoms with Gasteiger partial charge in [0.05, 0.1) is 21.6 Å². The van der Waals surface area contributed by atoms with Crippen LogP contribution in [0.3, 0.4) is 0 Å². The van der Waals surface area contributed by atoms with Crippen molar-refractivity contribution < 1.29 is 9.72 Å². The number of nitrogens with zero attached hydrogens (tertiary/aromatic N) is 3. The number of carbonyl (C=O) groups is 1. The highest BCUT2D eigenvalue weighted by molar-refractivity contribution is 6.33. The van der Waals surface area contributed by atoms with E-state index in [2.05, 4.69) is 5.32 Å². The van der Waals surface area contributed by atoms with Crippen molar-refractivity contribution in [2.75, 3.05) is 20.6 Å². The van der Waals surface area contributed by atoms with Gasteiger partial charge in [-0.25, -0.2) is 0 Å². The molecular weight excluding hydrogens is 332 g/mol. The Kier molecular flexibility index (Phi) is 5.58. The monoisotopic (exact) mass is 350 g/mol. The van der Waals surface area contributed by atoms with Crippen LogP contribution in [0.4, 0.5) is 5.69 Å². The fourth-order valence-corrected chi connectivity index (χ4v) is 2.66. The second-order valence-corrected chi connectivity index (χ2v) is 6.06. The standard InChI is InChI=1S/C16H19ClN4O3/c1-19(2)15(14-5-4-8-20(14)3)10-18-16(22)12-9-11(21(23)24)6-7-13(12)17/h4-9,15H,10H2,1-3H3,(H,18,22). The summed E-state index contributed by atoms with van der Waals surface area (Å²) in [5, 5.41) is 13.8. The SMILES string of the molecule is CN(C)C(CNC(=O)c1cc([N+](=O)[O-])ccc1Cl)c1cccn1C. The van der Waals surface area contributed by atoms with Crippen molar-refractivity contribution in [2.45, 2.75) is 6.04 Å². The number of hydrogen-bond donors (Lipinski definition) is 1. The predicted octanol–water partition coefficient (Wildman–Crippen LogP) is 2.62. The Morgan fingerprint density at radius 2 is 2.12 bits per heavy atom. The molecule has 1 heterocycles. The molecule has 2 rings (SSSR count). The molecule has 0 spiro atoms. The van der Waals surface area contributed by atoms with Crippen molar-refractivity contribution in [3.63, 3.8) is 0 Å². The third-order valence-corrected chi connectivity index (χ3v) is 4.14. The van der Waals surface area contributed by atoms with E-state index in [1.165, 1.54) is 18.2 Å². The van der Waals surface area contributed by atoms with Crippen LogP contribution in [0.5, 0.6) is 0 Å². The van der Waals surface area contributed by atoms with Gasteiger partial charge in [-0.05, 0) is 32.3 Å². The molecule has 0 bridgehead atoms. The number of halogens is 1. The number of nitro groups is 1. The molecule has 0 aliphatic carbocycles. The number of hydrogen-bond acceptors (Lipinski definition) is 4. The van der Waals surface area contributed by atoms with E-state index in [4.69, 9.17) is 11.6 Å². The van der Waals surface area contributed by atoms with E-state index < -0.39 is 10.8 Å². The molecule has 1 N–H and O–H groups in total. The van der Waals surface area contributed by atoms with Gasteiger partial charge in [-0.3, -0.25) is 19.8 Å². The minimum atomic E-state index is -0.556. The van der Waals surface area contributed by atoms with Crippen LogP contribution in [-0.2, 0) is 7.05 Å². The first-order chi connectivity index (χ1) is 11.3. The van der Waals surface area contributed by atoms with E-state index in [1.54, 1.807) is 0 Å². The third-order valence-electron chi connectivity index (χ3n) is 3.81. The predicted molar refractivity (Wildman–Crippen MR) is 92.3 cm³/mol. The van der Waals surface area contributed by atoms with Gasteiger partial charge in [-0.1, -0.05) is 11.6 Å². The summed E-state index contributed by atoms with van der Waals surface area (Å²) in [6, 6.07) is 7.69. The summed E-state index contributed by atoms with van der Waals surface area (Å²) in [6.45, 7) is 0.350. The maximum absolute atomic E-state index is 12.4. The Hall–Kier alpha value is -2.38. The first-order valence-electron chi connectivity index (χ1n) is 7.31. The van der Waals surface area contributed by atoms with Gasteiger partial charge in [0.1, 0.15) is 0 Å². The molecule has 0 saturated carbocycles. The second-order valence-electron chi connectivity index (χ2n) is 5.65. The highest BCUT2D eigenvalue weighted by Crippen LogP contribution is 2.23. The maximum atomic E-state index is 12.4. The van der Waals surface area contributed by atoms with Crippen LogP contribution in [0.2, 0.25) is 5.02 Å². The van der Waals surface area contributed by atoms with Crippen molar-refractivity contribution in [1.29, 1.82) is 0 Å². The van der Waals surface area contributed by atoms with E-state index in [9.17, 15) is 14.9 Å². The Balaban J connectivity index is 2.16. The van der Waals surface area contributed by atoms with Gasteiger partial charge < -0.3 is 9.88 Å². The van der Waals surface area contributed by atoms with Gasteiger partial charge in [-0.2, -0.15) is 0 Å². The topological polar surface area (TPSA) is 80.4 Å². The molecule has 128 valence electrons. The number of nitro benzene ring substituents is 1. The van der Waals surface area contributed by atoms with Gasteiger partial charge in [-0.15, -0.1) is 0 Å². The Morgan fingerprint density at radius 1 is 1.42 bits per heavy atom. The van der Waals surface area contributed by atoms with Crippen LogP contribution in [-0.4, -0.2) is 40.9 Å². The zero-order valence-corrected chi connectivity index (χ0v) is 14.4. The zero-order chi connectivity index (χ0) is 17.9. The molecule has 1 atom stereocenters. The van der Waals surface area contributed by atoms with E-state index in [-0.39, 0.29) is 22.3 Å². The highest BCUT2D eigenvalue weighted by Gasteiger charge is 2.20. The third kappa shape index (κ3) is 3.93. The summed E-state index contributed by atoms with van der Waals surface area (Å²) in [5.41, 5.74) is 0.969. The largest absolute Gasteiger partial charge is 0.353 e. The Labute approximate surface area is 145 Å². The van der Waals surface area contributed by atoms with Crippen LogP contribution in [0.25, 0.3) is 0 Å². The van der Waals surface area contributed by atoms with Gasteiger partial charge in [0, 0.05) is 37.6 Å². The fourth-order valence-electron chi connectivity index (χ4n) is 2.46. The van der Waals surface area contributed by atoms with Crippen molar-refractivity contribution in [1.82, 2.24) is 14.8 Å². The van der Waals surface area contributed by atoms with E-state index in [0.717, 1.165) is 5.69 Å². The summed E-state index contributed by atoms with van der Waals surface area (Å²) in [4.78, 5) is 24.7. The van der Waals surface area contributed by atoms with Crippen molar-refractivity contribution in [2.24, 2.45) is 7.05 Å². The first kappa shape index (κ1) is 18.0. The lowest BCUT2D eigenvalue weighted by atomic mass is 10.1. The summed E-state index contributed by atoms with van der Waals surface area (Å²) in [7, 11) is 5.78. The molecule has 1 aromatic carbocycles. The van der Waals surface area contributed by atoms with Crippen LogP contribution in [0.15, 0.2) is 36.5 Å². The Bertz CT molecular complexity index is 758. The average molecular weight is 351 g/mol. The molecule has 1 unspecified atom stereocenters. The average Bonchev–Trinajstić information content (AvgIpc) is 2.93. The lowest BCUT2D eigenvalue weighted by Crippen LogP contribution is -2.35. The number of benzene rings is 1. The van der Waals surface area contributed by atoms with Crippen LogP contribution < -0.4 is 5.32 Å². The number of nitrogens with one attached hydrogen (secondary N) is 1. The van der Waals surface area contributed by atoms with Gasteiger partial charge >= 0.3 is 0 Å². The number of non-ortho nitro benzene ring substituents is 1. The minimum absolute atomic E-state index is 0.0357. The molecule has 0 aliphatic rings. The maximum Gasteiger partial charge on any atom is 0.270 e. The highest BCUT2D eigenvalue weighted by atomic mass is 35.5. The molecule has 0 saturated heterocycles. The van der Waals surface area contributed by atoms with Crippen LogP contribution in [0, 0.1) is 10.1 Å². The van der Waals surface area contributed by atoms with Crippen molar-refractivity contribution >= 4 is 23.2 Å². The normalized spacial score (nSPS) is 12.2. The lowest BCUT2D eigenvalue weighted by Gasteiger charge is -2.25. The molecular formula is C16H19ClN4O3. The molecule has 7 nitrogen and oxygen atoms in total. The van der Waals surface area contributed by atoms with E-state index in [0.29, 0.717) is 6.54 Å². The second kappa shape index (κ2) is 7.46.